The van der Waals surface area contributed by atoms with Crippen LogP contribution in [0.15, 0.2) is 42.7 Å². The number of nitrogens with one attached hydrogen (secondary N) is 2. The van der Waals surface area contributed by atoms with E-state index in [0.717, 1.165) is 6.07 Å². The van der Waals surface area contributed by atoms with Crippen molar-refractivity contribution < 1.29 is 22.7 Å². The maximum Gasteiger partial charge on any atom is 0.419 e. The van der Waals surface area contributed by atoms with E-state index in [1.165, 1.54) is 18.2 Å². The van der Waals surface area contributed by atoms with E-state index in [0.29, 0.717) is 25.9 Å². The van der Waals surface area contributed by atoms with E-state index in [-0.39, 0.29) is 37.2 Å². The highest BCUT2D eigenvalue weighted by molar-refractivity contribution is 5.85. The zero-order valence-electron chi connectivity index (χ0n) is 15.0. The maximum atomic E-state index is 13.0. The minimum Gasteiger partial charge on any atom is -0.491 e. The molecule has 0 bridgehead atoms. The number of carbonyl (C=O) groups is 1. The predicted octanol–water partition coefficient (Wildman–Crippen LogP) is 2.60. The summed E-state index contributed by atoms with van der Waals surface area (Å²) in [5, 5.41) is 10.2. The van der Waals surface area contributed by atoms with Crippen molar-refractivity contribution in [3.8, 4) is 5.75 Å². The minimum absolute atomic E-state index is 0. The van der Waals surface area contributed by atoms with Crippen LogP contribution in [0.25, 0.3) is 0 Å². The molecule has 1 aliphatic heterocycles. The van der Waals surface area contributed by atoms with Gasteiger partial charge in [-0.15, -0.1) is 12.4 Å². The summed E-state index contributed by atoms with van der Waals surface area (Å²) in [5.41, 5.74) is -1.62. The minimum atomic E-state index is -4.49. The van der Waals surface area contributed by atoms with E-state index >= 15 is 0 Å². The molecule has 1 fully saturated rings. The Morgan fingerprint density at radius 2 is 1.96 bits per heavy atom. The molecular formula is C18H22ClF3N4O2. The number of rotatable bonds is 6. The van der Waals surface area contributed by atoms with Crippen LogP contribution in [0.1, 0.15) is 18.4 Å². The van der Waals surface area contributed by atoms with Crippen LogP contribution >= 0.6 is 12.4 Å². The number of halogens is 4. The average molecular weight is 419 g/mol. The number of ether oxygens (including phenoxy) is 1. The molecule has 0 spiro atoms. The van der Waals surface area contributed by atoms with Crippen LogP contribution in [-0.2, 0) is 16.5 Å². The summed E-state index contributed by atoms with van der Waals surface area (Å²) >= 11 is 0. The van der Waals surface area contributed by atoms with E-state index in [1.54, 1.807) is 23.1 Å². The molecule has 28 heavy (non-hydrogen) atoms. The Morgan fingerprint density at radius 3 is 2.61 bits per heavy atom. The lowest BCUT2D eigenvalue weighted by Gasteiger charge is -2.36. The first kappa shape index (κ1) is 22.0. The highest BCUT2D eigenvalue weighted by atomic mass is 35.5. The number of nitrogens with zero attached hydrogens (tertiary/aromatic N) is 2. The molecule has 1 amide bonds. The highest BCUT2D eigenvalue weighted by Crippen LogP contribution is 2.35. The molecule has 1 aliphatic rings. The molecule has 2 aromatic rings. The number of alkyl halides is 3. The quantitative estimate of drug-likeness (QED) is 0.708. The Balaban J connectivity index is 0.00000280. The highest BCUT2D eigenvalue weighted by Gasteiger charge is 2.41. The van der Waals surface area contributed by atoms with E-state index in [2.05, 4.69) is 15.7 Å². The lowest BCUT2D eigenvalue weighted by Crippen LogP contribution is -2.55. The van der Waals surface area contributed by atoms with Crippen molar-refractivity contribution >= 4 is 18.3 Å². The summed E-state index contributed by atoms with van der Waals surface area (Å²) in [6.07, 6.45) is 0.0465. The van der Waals surface area contributed by atoms with E-state index in [9.17, 15) is 18.0 Å². The zero-order chi connectivity index (χ0) is 19.3. The molecule has 3 rings (SSSR count). The summed E-state index contributed by atoms with van der Waals surface area (Å²) in [4.78, 5) is 12.8. The van der Waals surface area contributed by atoms with Gasteiger partial charge >= 0.3 is 6.18 Å². The van der Waals surface area contributed by atoms with Gasteiger partial charge in [0.05, 0.1) is 12.1 Å². The lowest BCUT2D eigenvalue weighted by atomic mass is 9.87. The first-order valence-corrected chi connectivity index (χ1v) is 8.72. The van der Waals surface area contributed by atoms with Crippen LogP contribution in [0.2, 0.25) is 0 Å². The van der Waals surface area contributed by atoms with Crippen LogP contribution in [0, 0.1) is 0 Å². The predicted molar refractivity (Wildman–Crippen MR) is 99.5 cm³/mol. The number of carbonyl (C=O) groups excluding carboxylic acids is 1. The molecule has 0 saturated carbocycles. The molecule has 2 heterocycles. The fourth-order valence-electron chi connectivity index (χ4n) is 3.24. The number of piperidine rings is 1. The molecule has 1 saturated heterocycles. The molecule has 0 radical (unpaired) electrons. The molecular weight excluding hydrogens is 397 g/mol. The molecule has 1 aromatic carbocycles. The molecule has 0 unspecified atom stereocenters. The molecule has 10 heteroatoms. The Hall–Kier alpha value is -2.26. The van der Waals surface area contributed by atoms with Gasteiger partial charge in [-0.2, -0.15) is 18.3 Å². The monoisotopic (exact) mass is 418 g/mol. The van der Waals surface area contributed by atoms with Crippen molar-refractivity contribution in [1.82, 2.24) is 20.4 Å². The molecule has 6 nitrogen and oxygen atoms in total. The Bertz CT molecular complexity index is 762. The van der Waals surface area contributed by atoms with Gasteiger partial charge in [0, 0.05) is 12.4 Å². The summed E-state index contributed by atoms with van der Waals surface area (Å²) in [6, 6.07) is 6.78. The van der Waals surface area contributed by atoms with E-state index in [1.807, 2.05) is 0 Å². The van der Waals surface area contributed by atoms with Gasteiger partial charge in [-0.1, -0.05) is 12.1 Å². The van der Waals surface area contributed by atoms with Crippen LogP contribution in [-0.4, -0.2) is 41.9 Å². The first-order chi connectivity index (χ1) is 12.9. The number of hydrogen-bond acceptors (Lipinski definition) is 4. The van der Waals surface area contributed by atoms with Gasteiger partial charge in [0.15, 0.2) is 0 Å². The smallest absolute Gasteiger partial charge is 0.419 e. The number of benzene rings is 1. The van der Waals surface area contributed by atoms with Crippen molar-refractivity contribution in [2.24, 2.45) is 0 Å². The summed E-state index contributed by atoms with van der Waals surface area (Å²) in [7, 11) is 0. The summed E-state index contributed by atoms with van der Waals surface area (Å²) in [5.74, 6) is -0.455. The van der Waals surface area contributed by atoms with Crippen molar-refractivity contribution in [2.45, 2.75) is 24.6 Å². The van der Waals surface area contributed by atoms with Crippen LogP contribution in [0.5, 0.6) is 5.75 Å². The number of amides is 1. The second-order valence-corrected chi connectivity index (χ2v) is 6.33. The SMILES string of the molecule is Cl.O=C(NCCOc1ccccc1C(F)(F)F)C1(n2cccn2)CCNCC1. The van der Waals surface area contributed by atoms with Crippen molar-refractivity contribution in [3.63, 3.8) is 0 Å². The third kappa shape index (κ3) is 4.77. The van der Waals surface area contributed by atoms with Crippen LogP contribution < -0.4 is 15.4 Å². The second kappa shape index (κ2) is 9.29. The van der Waals surface area contributed by atoms with Crippen molar-refractivity contribution in [3.05, 3.63) is 48.3 Å². The van der Waals surface area contributed by atoms with Crippen LogP contribution in [0.3, 0.4) is 0 Å². The van der Waals surface area contributed by atoms with Crippen molar-refractivity contribution in [1.29, 1.82) is 0 Å². The standard InChI is InChI=1S/C18H21F3N4O2.ClH/c19-18(20,21)14-4-1-2-5-15(14)27-13-11-23-16(26)17(6-9-22-10-7-17)25-12-3-8-24-25;/h1-5,8,12,22H,6-7,9-11,13H2,(H,23,26);1H. The second-order valence-electron chi connectivity index (χ2n) is 6.33. The van der Waals surface area contributed by atoms with Gasteiger partial charge in [0.2, 0.25) is 5.91 Å². The topological polar surface area (TPSA) is 68.2 Å². The summed E-state index contributed by atoms with van der Waals surface area (Å²) < 4.78 is 45.8. The fourth-order valence-corrected chi connectivity index (χ4v) is 3.24. The number of aromatic nitrogens is 2. The van der Waals surface area contributed by atoms with Gasteiger partial charge in [0.25, 0.3) is 0 Å². The van der Waals surface area contributed by atoms with Crippen molar-refractivity contribution in [2.75, 3.05) is 26.2 Å². The van der Waals surface area contributed by atoms with Gasteiger partial charge in [-0.05, 0) is 44.1 Å². The molecule has 2 N–H and O–H groups in total. The Labute approximate surface area is 166 Å². The third-order valence-corrected chi connectivity index (χ3v) is 4.63. The zero-order valence-corrected chi connectivity index (χ0v) is 15.9. The lowest BCUT2D eigenvalue weighted by molar-refractivity contribution is -0.139. The summed E-state index contributed by atoms with van der Waals surface area (Å²) in [6.45, 7) is 1.40. The molecule has 0 atom stereocenters. The number of hydrogen-bond donors (Lipinski definition) is 2. The first-order valence-electron chi connectivity index (χ1n) is 8.72. The van der Waals surface area contributed by atoms with Gasteiger partial charge in [-0.25, -0.2) is 0 Å². The normalized spacial score (nSPS) is 16.1. The maximum absolute atomic E-state index is 13.0. The largest absolute Gasteiger partial charge is 0.491 e. The fraction of sp³-hybridized carbons (Fsp3) is 0.444. The van der Waals surface area contributed by atoms with Gasteiger partial charge in [-0.3, -0.25) is 9.48 Å². The van der Waals surface area contributed by atoms with E-state index < -0.39 is 17.3 Å². The average Bonchev–Trinajstić information content (AvgIpc) is 3.20. The molecule has 154 valence electrons. The number of para-hydroxylation sites is 1. The molecule has 0 aliphatic carbocycles. The Kier molecular flexibility index (Phi) is 7.31. The van der Waals surface area contributed by atoms with Crippen LogP contribution in [0.4, 0.5) is 13.2 Å². The van der Waals surface area contributed by atoms with Gasteiger partial charge < -0.3 is 15.4 Å². The molecule has 1 aromatic heterocycles. The van der Waals surface area contributed by atoms with Gasteiger partial charge in [0.1, 0.15) is 17.9 Å². The third-order valence-electron chi connectivity index (χ3n) is 4.63. The van der Waals surface area contributed by atoms with E-state index in [4.69, 9.17) is 4.74 Å². The Morgan fingerprint density at radius 1 is 1.25 bits per heavy atom.